The molecule has 0 aliphatic carbocycles. The topological polar surface area (TPSA) is 72.7 Å². The molecule has 6 nitrogen and oxygen atoms in total. The van der Waals surface area contributed by atoms with Gasteiger partial charge in [-0.3, -0.25) is 14.9 Å². The van der Waals surface area contributed by atoms with E-state index in [2.05, 4.69) is 0 Å². The fourth-order valence-corrected chi connectivity index (χ4v) is 2.45. The first-order valence-electron chi connectivity index (χ1n) is 7.32. The Morgan fingerprint density at radius 2 is 1.92 bits per heavy atom. The van der Waals surface area contributed by atoms with E-state index in [4.69, 9.17) is 16.3 Å². The molecule has 1 amide bonds. The fraction of sp³-hybridized carbons (Fsp3) is 0.235. The predicted molar refractivity (Wildman–Crippen MR) is 91.5 cm³/mol. The molecule has 0 aliphatic heterocycles. The van der Waals surface area contributed by atoms with E-state index in [9.17, 15) is 14.9 Å². The summed E-state index contributed by atoms with van der Waals surface area (Å²) in [5, 5.41) is 11.4. The molecule has 0 N–H and O–H groups in total. The van der Waals surface area contributed by atoms with Gasteiger partial charge < -0.3 is 9.64 Å². The molecule has 2 aromatic carbocycles. The molecule has 0 unspecified atom stereocenters. The van der Waals surface area contributed by atoms with Crippen molar-refractivity contribution >= 4 is 23.2 Å². The Kier molecular flexibility index (Phi) is 5.76. The summed E-state index contributed by atoms with van der Waals surface area (Å²) in [5.74, 6) is 0.318. The second kappa shape index (κ2) is 7.79. The van der Waals surface area contributed by atoms with Gasteiger partial charge in [-0.25, -0.2) is 0 Å². The maximum Gasteiger partial charge on any atom is 0.283 e. The summed E-state index contributed by atoms with van der Waals surface area (Å²) in [5.41, 5.74) is 0.642. The molecule has 2 aromatic rings. The predicted octanol–water partition coefficient (Wildman–Crippen LogP) is 3.92. The minimum atomic E-state index is -0.597. The number of hydrogen-bond donors (Lipinski definition) is 0. The molecule has 0 heterocycles. The quantitative estimate of drug-likeness (QED) is 0.586. The number of carbonyl (C=O) groups excluding carboxylic acids is 1. The van der Waals surface area contributed by atoms with Gasteiger partial charge in [0, 0.05) is 24.2 Å². The number of benzene rings is 2. The maximum atomic E-state index is 12.7. The Hall–Kier alpha value is -2.60. The SMILES string of the molecule is CCN(Cc1ccc(OC)cc1)C(=O)c1ccc(Cl)cc1[N+](=O)[O-]. The van der Waals surface area contributed by atoms with Crippen LogP contribution in [0.4, 0.5) is 5.69 Å². The lowest BCUT2D eigenvalue weighted by Crippen LogP contribution is -2.30. The van der Waals surface area contributed by atoms with Crippen molar-refractivity contribution in [1.82, 2.24) is 4.90 Å². The van der Waals surface area contributed by atoms with Gasteiger partial charge in [-0.2, -0.15) is 0 Å². The van der Waals surface area contributed by atoms with E-state index < -0.39 is 10.8 Å². The first-order chi connectivity index (χ1) is 11.5. The number of nitro benzene ring substituents is 1. The molecule has 0 saturated carbocycles. The molecule has 0 aliphatic rings. The van der Waals surface area contributed by atoms with Crippen LogP contribution in [-0.2, 0) is 6.54 Å². The Balaban J connectivity index is 2.27. The van der Waals surface area contributed by atoms with Gasteiger partial charge >= 0.3 is 0 Å². The van der Waals surface area contributed by atoms with Gasteiger partial charge in [0.05, 0.1) is 12.0 Å². The van der Waals surface area contributed by atoms with Crippen molar-refractivity contribution in [2.24, 2.45) is 0 Å². The van der Waals surface area contributed by atoms with Crippen molar-refractivity contribution in [3.8, 4) is 5.75 Å². The van der Waals surface area contributed by atoms with Gasteiger partial charge in [-0.05, 0) is 36.8 Å². The van der Waals surface area contributed by atoms with Crippen LogP contribution in [0, 0.1) is 10.1 Å². The first kappa shape index (κ1) is 17.7. The first-order valence-corrected chi connectivity index (χ1v) is 7.70. The third kappa shape index (κ3) is 4.02. The Morgan fingerprint density at radius 3 is 2.46 bits per heavy atom. The normalized spacial score (nSPS) is 10.3. The number of halogens is 1. The Bertz CT molecular complexity index is 747. The average Bonchev–Trinajstić information content (AvgIpc) is 2.59. The third-order valence-electron chi connectivity index (χ3n) is 3.59. The molecule has 7 heteroatoms. The summed E-state index contributed by atoms with van der Waals surface area (Å²) in [6.45, 7) is 2.59. The number of methoxy groups -OCH3 is 1. The average molecular weight is 349 g/mol. The third-order valence-corrected chi connectivity index (χ3v) is 3.82. The van der Waals surface area contributed by atoms with Crippen LogP contribution in [0.5, 0.6) is 5.75 Å². The molecule has 0 fully saturated rings. The highest BCUT2D eigenvalue weighted by atomic mass is 35.5. The summed E-state index contributed by atoms with van der Waals surface area (Å²) >= 11 is 5.80. The zero-order valence-electron chi connectivity index (χ0n) is 13.4. The van der Waals surface area contributed by atoms with Gasteiger partial charge in [-0.15, -0.1) is 0 Å². The number of nitrogens with zero attached hydrogens (tertiary/aromatic N) is 2. The van der Waals surface area contributed by atoms with E-state index in [-0.39, 0.29) is 16.3 Å². The summed E-state index contributed by atoms with van der Waals surface area (Å²) < 4.78 is 5.10. The summed E-state index contributed by atoms with van der Waals surface area (Å²) in [7, 11) is 1.58. The molecule has 0 bridgehead atoms. The van der Waals surface area contributed by atoms with Crippen molar-refractivity contribution < 1.29 is 14.5 Å². The van der Waals surface area contributed by atoms with Crippen molar-refractivity contribution in [1.29, 1.82) is 0 Å². The largest absolute Gasteiger partial charge is 0.497 e. The second-order valence-electron chi connectivity index (χ2n) is 5.09. The van der Waals surface area contributed by atoms with Gasteiger partial charge in [-0.1, -0.05) is 23.7 Å². The second-order valence-corrected chi connectivity index (χ2v) is 5.52. The number of carbonyl (C=O) groups is 1. The van der Waals surface area contributed by atoms with Crippen molar-refractivity contribution in [3.05, 3.63) is 68.7 Å². The van der Waals surface area contributed by atoms with Crippen LogP contribution in [0.1, 0.15) is 22.8 Å². The smallest absolute Gasteiger partial charge is 0.283 e. The van der Waals surface area contributed by atoms with Gasteiger partial charge in [0.1, 0.15) is 11.3 Å². The summed E-state index contributed by atoms with van der Waals surface area (Å²) in [6, 6.07) is 11.4. The zero-order chi connectivity index (χ0) is 17.7. The molecule has 0 atom stereocenters. The number of amides is 1. The zero-order valence-corrected chi connectivity index (χ0v) is 14.1. The van der Waals surface area contributed by atoms with Crippen LogP contribution < -0.4 is 4.74 Å². The van der Waals surface area contributed by atoms with Gasteiger partial charge in [0.15, 0.2) is 0 Å². The van der Waals surface area contributed by atoms with Crippen molar-refractivity contribution in [3.63, 3.8) is 0 Å². The lowest BCUT2D eigenvalue weighted by molar-refractivity contribution is -0.385. The maximum absolute atomic E-state index is 12.7. The lowest BCUT2D eigenvalue weighted by Gasteiger charge is -2.21. The van der Waals surface area contributed by atoms with E-state index in [1.54, 1.807) is 19.2 Å². The molecule has 2 rings (SSSR count). The van der Waals surface area contributed by atoms with Gasteiger partial charge in [0.2, 0.25) is 0 Å². The standard InChI is InChI=1S/C17H17ClN2O4/c1-3-19(11-12-4-7-14(24-2)8-5-12)17(21)15-9-6-13(18)10-16(15)20(22)23/h4-10H,3,11H2,1-2H3. The Labute approximate surface area is 144 Å². The molecule has 0 aromatic heterocycles. The van der Waals surface area contributed by atoms with Gasteiger partial charge in [0.25, 0.3) is 11.6 Å². The fourth-order valence-electron chi connectivity index (χ4n) is 2.29. The highest BCUT2D eigenvalue weighted by Gasteiger charge is 2.24. The van der Waals surface area contributed by atoms with E-state index in [1.165, 1.54) is 23.1 Å². The Morgan fingerprint density at radius 1 is 1.25 bits per heavy atom. The van der Waals surface area contributed by atoms with Crippen molar-refractivity contribution in [2.45, 2.75) is 13.5 Å². The number of hydrogen-bond acceptors (Lipinski definition) is 4. The molecule has 126 valence electrons. The van der Waals surface area contributed by atoms with Crippen LogP contribution in [0.2, 0.25) is 5.02 Å². The number of rotatable bonds is 6. The molecule has 0 radical (unpaired) electrons. The van der Waals surface area contributed by atoms with Crippen LogP contribution >= 0.6 is 11.6 Å². The minimum absolute atomic E-state index is 0.0276. The summed E-state index contributed by atoms with van der Waals surface area (Å²) in [4.78, 5) is 24.8. The minimum Gasteiger partial charge on any atom is -0.497 e. The van der Waals surface area contributed by atoms with Crippen LogP contribution in [-0.4, -0.2) is 29.4 Å². The molecule has 0 saturated heterocycles. The van der Waals surface area contributed by atoms with Crippen LogP contribution in [0.15, 0.2) is 42.5 Å². The van der Waals surface area contributed by atoms with E-state index in [0.717, 1.165) is 11.3 Å². The molecule has 0 spiro atoms. The molecular weight excluding hydrogens is 332 g/mol. The highest BCUT2D eigenvalue weighted by Crippen LogP contribution is 2.25. The van der Waals surface area contributed by atoms with Crippen LogP contribution in [0.3, 0.4) is 0 Å². The van der Waals surface area contributed by atoms with Crippen LogP contribution in [0.25, 0.3) is 0 Å². The molecular formula is C17H17ClN2O4. The highest BCUT2D eigenvalue weighted by molar-refractivity contribution is 6.31. The number of ether oxygens (including phenoxy) is 1. The van der Waals surface area contributed by atoms with E-state index in [1.807, 2.05) is 19.1 Å². The molecule has 24 heavy (non-hydrogen) atoms. The van der Waals surface area contributed by atoms with Crippen molar-refractivity contribution in [2.75, 3.05) is 13.7 Å². The monoisotopic (exact) mass is 348 g/mol. The lowest BCUT2D eigenvalue weighted by atomic mass is 10.1. The summed E-state index contributed by atoms with van der Waals surface area (Å²) in [6.07, 6.45) is 0. The van der Waals surface area contributed by atoms with E-state index >= 15 is 0 Å². The van der Waals surface area contributed by atoms with E-state index in [0.29, 0.717) is 13.1 Å². The number of nitro groups is 1.